The third kappa shape index (κ3) is 41.2. The maximum atomic E-state index is 11.9. The Balaban J connectivity index is 3.13. The van der Waals surface area contributed by atoms with Crippen LogP contribution in [0.2, 0.25) is 0 Å². The van der Waals surface area contributed by atoms with Crippen LogP contribution in [0.4, 0.5) is 0 Å². The first kappa shape index (κ1) is 45.2. The quantitative estimate of drug-likeness (QED) is 0.0408. The van der Waals surface area contributed by atoms with E-state index in [-0.39, 0.29) is 5.97 Å². The molecule has 0 unspecified atom stereocenters. The SMILES string of the molecule is CCCC/C=C\CCCCCCCC(=O)OCCCCCCCCCCCCCCCCCCCCCCCCCCCCCO. The molecule has 46 heavy (non-hydrogen) atoms. The van der Waals surface area contributed by atoms with E-state index in [1.165, 1.54) is 205 Å². The first-order valence-corrected chi connectivity index (χ1v) is 21.2. The number of hydrogen-bond donors (Lipinski definition) is 1. The lowest BCUT2D eigenvalue weighted by Crippen LogP contribution is -2.05. The lowest BCUT2D eigenvalue weighted by molar-refractivity contribution is -0.143. The van der Waals surface area contributed by atoms with Gasteiger partial charge in [-0.2, -0.15) is 0 Å². The summed E-state index contributed by atoms with van der Waals surface area (Å²) in [7, 11) is 0. The summed E-state index contributed by atoms with van der Waals surface area (Å²) in [6, 6.07) is 0. The molecule has 3 heteroatoms. The zero-order valence-electron chi connectivity index (χ0n) is 31.5. The maximum Gasteiger partial charge on any atom is 0.305 e. The number of esters is 1. The number of ether oxygens (including phenoxy) is 1. The molecule has 1 N–H and O–H groups in total. The van der Waals surface area contributed by atoms with Crippen molar-refractivity contribution in [2.45, 2.75) is 244 Å². The molecule has 3 nitrogen and oxygen atoms in total. The predicted molar refractivity (Wildman–Crippen MR) is 204 cm³/mol. The molecule has 0 aromatic heterocycles. The number of unbranched alkanes of at least 4 members (excludes halogenated alkanes) is 33. The Hall–Kier alpha value is -0.830. The van der Waals surface area contributed by atoms with Gasteiger partial charge in [-0.15, -0.1) is 0 Å². The van der Waals surface area contributed by atoms with Crippen molar-refractivity contribution in [3.63, 3.8) is 0 Å². The number of hydrogen-bond acceptors (Lipinski definition) is 3. The van der Waals surface area contributed by atoms with Gasteiger partial charge in [-0.25, -0.2) is 0 Å². The van der Waals surface area contributed by atoms with Gasteiger partial charge in [-0.05, 0) is 38.5 Å². The van der Waals surface area contributed by atoms with E-state index < -0.39 is 0 Å². The molecule has 0 aromatic rings. The summed E-state index contributed by atoms with van der Waals surface area (Å²) in [5.74, 6) is 0.0136. The molecule has 0 aliphatic carbocycles. The fourth-order valence-corrected chi connectivity index (χ4v) is 6.51. The highest BCUT2D eigenvalue weighted by atomic mass is 16.5. The van der Waals surface area contributed by atoms with Crippen LogP contribution in [-0.4, -0.2) is 24.3 Å². The molecule has 0 atom stereocenters. The van der Waals surface area contributed by atoms with Gasteiger partial charge in [0.25, 0.3) is 0 Å². The van der Waals surface area contributed by atoms with Crippen molar-refractivity contribution >= 4 is 5.97 Å². The van der Waals surface area contributed by atoms with Gasteiger partial charge >= 0.3 is 5.97 Å². The van der Waals surface area contributed by atoms with Gasteiger partial charge in [-0.1, -0.05) is 212 Å². The standard InChI is InChI=1S/C43H84O3/c1-2-3-4-5-6-7-25-28-31-34-37-40-43(45)46-42-39-36-33-30-27-24-22-20-18-16-14-12-10-8-9-11-13-15-17-19-21-23-26-29-32-35-38-41-44/h5-6,44H,2-4,7-42H2,1H3/b6-5-. The van der Waals surface area contributed by atoms with Crippen molar-refractivity contribution in [3.05, 3.63) is 12.2 Å². The lowest BCUT2D eigenvalue weighted by Gasteiger charge is -2.06. The summed E-state index contributed by atoms with van der Waals surface area (Å²) in [6.07, 6.45) is 53.3. The van der Waals surface area contributed by atoms with Gasteiger partial charge in [0.05, 0.1) is 6.61 Å². The molecular weight excluding hydrogens is 564 g/mol. The highest BCUT2D eigenvalue weighted by Crippen LogP contribution is 2.16. The molecule has 0 saturated heterocycles. The molecule has 0 aliphatic rings. The molecule has 0 aliphatic heterocycles. The van der Waals surface area contributed by atoms with Gasteiger partial charge in [0.15, 0.2) is 0 Å². The summed E-state index contributed by atoms with van der Waals surface area (Å²) >= 11 is 0. The van der Waals surface area contributed by atoms with Crippen molar-refractivity contribution in [3.8, 4) is 0 Å². The Morgan fingerprint density at radius 1 is 0.413 bits per heavy atom. The van der Waals surface area contributed by atoms with Crippen LogP contribution in [0.15, 0.2) is 12.2 Å². The monoisotopic (exact) mass is 649 g/mol. The Kier molecular flexibility index (Phi) is 41.4. The zero-order chi connectivity index (χ0) is 33.3. The van der Waals surface area contributed by atoms with E-state index in [1.54, 1.807) is 0 Å². The van der Waals surface area contributed by atoms with Crippen molar-refractivity contribution in [2.75, 3.05) is 13.2 Å². The maximum absolute atomic E-state index is 11.9. The number of carbonyl (C=O) groups is 1. The first-order valence-electron chi connectivity index (χ1n) is 21.2. The average molecular weight is 649 g/mol. The van der Waals surface area contributed by atoms with Crippen molar-refractivity contribution < 1.29 is 14.6 Å². The van der Waals surface area contributed by atoms with Crippen molar-refractivity contribution in [1.29, 1.82) is 0 Å². The van der Waals surface area contributed by atoms with E-state index >= 15 is 0 Å². The van der Waals surface area contributed by atoms with Crippen LogP contribution < -0.4 is 0 Å². The minimum atomic E-state index is 0.0136. The first-order chi connectivity index (χ1) is 22.8. The molecule has 0 heterocycles. The largest absolute Gasteiger partial charge is 0.466 e. The van der Waals surface area contributed by atoms with E-state index in [0.29, 0.717) is 19.6 Å². The Labute approximate surface area is 289 Å². The molecule has 0 bridgehead atoms. The highest BCUT2D eigenvalue weighted by Gasteiger charge is 2.03. The van der Waals surface area contributed by atoms with E-state index in [4.69, 9.17) is 9.84 Å². The molecule has 0 radical (unpaired) electrons. The topological polar surface area (TPSA) is 46.5 Å². The van der Waals surface area contributed by atoms with Gasteiger partial charge < -0.3 is 9.84 Å². The van der Waals surface area contributed by atoms with E-state index in [2.05, 4.69) is 19.1 Å². The number of rotatable bonds is 40. The number of carbonyl (C=O) groups excluding carboxylic acids is 1. The fraction of sp³-hybridized carbons (Fsp3) is 0.930. The van der Waals surface area contributed by atoms with Crippen LogP contribution in [0.3, 0.4) is 0 Å². The molecule has 0 rings (SSSR count). The Morgan fingerprint density at radius 3 is 1.09 bits per heavy atom. The van der Waals surface area contributed by atoms with Gasteiger partial charge in [-0.3, -0.25) is 4.79 Å². The second-order valence-electron chi connectivity index (χ2n) is 14.4. The third-order valence-corrected chi connectivity index (χ3v) is 9.71. The van der Waals surface area contributed by atoms with Crippen LogP contribution in [0, 0.1) is 0 Å². The van der Waals surface area contributed by atoms with Gasteiger partial charge in [0.2, 0.25) is 0 Å². The average Bonchev–Trinajstić information content (AvgIpc) is 3.06. The minimum absolute atomic E-state index is 0.0136. The summed E-state index contributed by atoms with van der Waals surface area (Å²) in [5, 5.41) is 8.80. The molecular formula is C43H84O3. The number of aliphatic hydroxyl groups excluding tert-OH is 1. The highest BCUT2D eigenvalue weighted by molar-refractivity contribution is 5.69. The second kappa shape index (κ2) is 42.2. The molecule has 0 amide bonds. The van der Waals surface area contributed by atoms with Crippen molar-refractivity contribution in [2.24, 2.45) is 0 Å². The molecule has 0 spiro atoms. The van der Waals surface area contributed by atoms with Crippen molar-refractivity contribution in [1.82, 2.24) is 0 Å². The Bertz CT molecular complexity index is 587. The fourth-order valence-electron chi connectivity index (χ4n) is 6.51. The zero-order valence-corrected chi connectivity index (χ0v) is 31.5. The number of allylic oxidation sites excluding steroid dienone is 2. The summed E-state index contributed by atoms with van der Waals surface area (Å²) < 4.78 is 5.44. The minimum Gasteiger partial charge on any atom is -0.466 e. The van der Waals surface area contributed by atoms with Crippen LogP contribution in [0.5, 0.6) is 0 Å². The molecule has 0 aromatic carbocycles. The molecule has 0 fully saturated rings. The van der Waals surface area contributed by atoms with Crippen LogP contribution >= 0.6 is 0 Å². The third-order valence-electron chi connectivity index (χ3n) is 9.71. The van der Waals surface area contributed by atoms with E-state index in [0.717, 1.165) is 25.7 Å². The summed E-state index contributed by atoms with van der Waals surface area (Å²) in [5.41, 5.74) is 0. The van der Waals surface area contributed by atoms with Gasteiger partial charge in [0.1, 0.15) is 0 Å². The van der Waals surface area contributed by atoms with E-state index in [9.17, 15) is 4.79 Å². The van der Waals surface area contributed by atoms with Crippen LogP contribution in [-0.2, 0) is 9.53 Å². The summed E-state index contributed by atoms with van der Waals surface area (Å²) in [6.45, 7) is 3.23. The lowest BCUT2D eigenvalue weighted by atomic mass is 10.0. The van der Waals surface area contributed by atoms with Gasteiger partial charge in [0, 0.05) is 13.0 Å². The summed E-state index contributed by atoms with van der Waals surface area (Å²) in [4.78, 5) is 11.9. The second-order valence-corrected chi connectivity index (χ2v) is 14.4. The number of aliphatic hydroxyl groups is 1. The van der Waals surface area contributed by atoms with Crippen LogP contribution in [0.1, 0.15) is 244 Å². The van der Waals surface area contributed by atoms with Crippen LogP contribution in [0.25, 0.3) is 0 Å². The normalized spacial score (nSPS) is 11.6. The predicted octanol–water partition coefficient (Wildman–Crippen LogP) is 14.5. The molecule has 0 saturated carbocycles. The smallest absolute Gasteiger partial charge is 0.305 e. The Morgan fingerprint density at radius 2 is 0.717 bits per heavy atom. The molecule has 274 valence electrons. The van der Waals surface area contributed by atoms with E-state index in [1.807, 2.05) is 0 Å².